The zero-order valence-electron chi connectivity index (χ0n) is 31.8. The molecule has 57 heavy (non-hydrogen) atoms. The molecule has 10 rings (SSSR count). The maximum absolute atomic E-state index is 6.99. The van der Waals surface area contributed by atoms with Gasteiger partial charge in [0.25, 0.3) is 0 Å². The molecule has 0 N–H and O–H groups in total. The quantitative estimate of drug-likeness (QED) is 0.163. The number of aromatic nitrogens is 2. The summed E-state index contributed by atoms with van der Waals surface area (Å²) in [5.74, 6) is 1.48. The number of rotatable bonds is 7. The summed E-state index contributed by atoms with van der Waals surface area (Å²) in [6.07, 6.45) is 1.90. The van der Waals surface area contributed by atoms with E-state index in [0.717, 1.165) is 78.7 Å². The second-order valence-corrected chi connectivity index (χ2v) is 14.7. The Hall–Kier alpha value is -7.30. The first-order valence-corrected chi connectivity index (χ1v) is 19.4. The van der Waals surface area contributed by atoms with Crippen LogP contribution in [0.25, 0.3) is 33.3 Å². The monoisotopic (exact) mass is 733 g/mol. The Balaban J connectivity index is 1.16. The summed E-state index contributed by atoms with van der Waals surface area (Å²) in [5, 5.41) is 1.11. The summed E-state index contributed by atoms with van der Waals surface area (Å²) in [6.45, 7) is 4.34. The highest BCUT2D eigenvalue weighted by Crippen LogP contribution is 2.57. The van der Waals surface area contributed by atoms with Gasteiger partial charge in [0, 0.05) is 22.8 Å². The Morgan fingerprint density at radius 1 is 0.509 bits per heavy atom. The number of pyridine rings is 2. The molecule has 0 unspecified atom stereocenters. The van der Waals surface area contributed by atoms with Crippen LogP contribution >= 0.6 is 0 Å². The average Bonchev–Trinajstić information content (AvgIpc) is 3.26. The fraction of sp³-hybridized carbons (Fsp3) is 0.0566. The van der Waals surface area contributed by atoms with E-state index in [4.69, 9.17) is 14.7 Å². The van der Waals surface area contributed by atoms with Crippen LogP contribution in [0, 0.1) is 13.8 Å². The fourth-order valence-electron chi connectivity index (χ4n) is 8.80. The van der Waals surface area contributed by atoms with Crippen molar-refractivity contribution in [2.75, 3.05) is 4.90 Å². The van der Waals surface area contributed by atoms with Crippen LogP contribution in [0.5, 0.6) is 11.5 Å². The van der Waals surface area contributed by atoms with Crippen molar-refractivity contribution in [1.29, 1.82) is 0 Å². The van der Waals surface area contributed by atoms with Gasteiger partial charge in [-0.3, -0.25) is 4.98 Å². The third-order valence-corrected chi connectivity index (χ3v) is 11.2. The van der Waals surface area contributed by atoms with E-state index in [9.17, 15) is 0 Å². The predicted octanol–water partition coefficient (Wildman–Crippen LogP) is 13.5. The molecule has 9 aromatic rings. The Bertz CT molecular complexity index is 2850. The van der Waals surface area contributed by atoms with Crippen LogP contribution < -0.4 is 9.64 Å². The second kappa shape index (κ2) is 14.1. The van der Waals surface area contributed by atoms with Gasteiger partial charge in [-0.25, -0.2) is 4.98 Å². The molecule has 1 aliphatic rings. The number of ether oxygens (including phenoxy) is 1. The SMILES string of the molecule is Cc1cccc(C)c1-c1cc(Oc2cccc(C3(c4ccccn4)c4ccccc4N(c4ccccc4)c4ccccc43)c2)cc(-c2ccc3ccccc3n2)c1. The summed E-state index contributed by atoms with van der Waals surface area (Å²) >= 11 is 0. The summed E-state index contributed by atoms with van der Waals surface area (Å²) in [7, 11) is 0. The maximum atomic E-state index is 6.99. The van der Waals surface area contributed by atoms with Crippen molar-refractivity contribution in [3.8, 4) is 33.9 Å². The lowest BCUT2D eigenvalue weighted by Crippen LogP contribution is -2.38. The minimum absolute atomic E-state index is 0.735. The molecule has 0 amide bonds. The van der Waals surface area contributed by atoms with Crippen molar-refractivity contribution in [3.05, 3.63) is 234 Å². The van der Waals surface area contributed by atoms with Crippen LogP contribution in [-0.2, 0) is 5.41 Å². The van der Waals surface area contributed by atoms with Crippen LogP contribution in [0.2, 0.25) is 0 Å². The van der Waals surface area contributed by atoms with E-state index in [2.05, 4.69) is 189 Å². The highest BCUT2D eigenvalue weighted by molar-refractivity contribution is 5.89. The molecule has 0 radical (unpaired) electrons. The lowest BCUT2D eigenvalue weighted by molar-refractivity contribution is 0.481. The molecule has 7 aromatic carbocycles. The van der Waals surface area contributed by atoms with Crippen LogP contribution in [0.15, 0.2) is 200 Å². The van der Waals surface area contributed by atoms with Crippen LogP contribution in [0.4, 0.5) is 17.1 Å². The molecule has 0 saturated carbocycles. The van der Waals surface area contributed by atoms with Gasteiger partial charge in [-0.05, 0) is 132 Å². The lowest BCUT2D eigenvalue weighted by Gasteiger charge is -2.45. The van der Waals surface area contributed by atoms with E-state index in [-0.39, 0.29) is 0 Å². The summed E-state index contributed by atoms with van der Waals surface area (Å²) in [5.41, 5.74) is 14.4. The smallest absolute Gasteiger partial charge is 0.128 e. The Morgan fingerprint density at radius 3 is 1.93 bits per heavy atom. The Morgan fingerprint density at radius 2 is 1.18 bits per heavy atom. The lowest BCUT2D eigenvalue weighted by atomic mass is 9.64. The van der Waals surface area contributed by atoms with Crippen molar-refractivity contribution in [2.45, 2.75) is 19.3 Å². The van der Waals surface area contributed by atoms with Crippen molar-refractivity contribution in [2.24, 2.45) is 0 Å². The van der Waals surface area contributed by atoms with Gasteiger partial charge in [0.2, 0.25) is 0 Å². The molecule has 0 aliphatic carbocycles. The molecule has 0 atom stereocenters. The first-order chi connectivity index (χ1) is 28.1. The standard InChI is InChI=1S/C53H39N3O/c1-36-16-14-17-37(2)52(36)40-32-39(48-30-29-38-18-6-9-25-47(38)55-48)33-44(34-40)57-43-22-15-19-41(35-43)53(51-28-12-13-31-54-51)45-23-7-10-26-49(45)56(42-20-4-3-5-21-42)50-27-11-8-24-46(50)53/h3-35H,1-2H3. The third-order valence-electron chi connectivity index (χ3n) is 11.2. The van der Waals surface area contributed by atoms with Gasteiger partial charge in [-0.2, -0.15) is 0 Å². The number of hydrogen-bond acceptors (Lipinski definition) is 4. The predicted molar refractivity (Wildman–Crippen MR) is 233 cm³/mol. The van der Waals surface area contributed by atoms with Crippen molar-refractivity contribution in [3.63, 3.8) is 0 Å². The van der Waals surface area contributed by atoms with E-state index in [1.807, 2.05) is 30.5 Å². The zero-order chi connectivity index (χ0) is 38.3. The van der Waals surface area contributed by atoms with Gasteiger partial charge in [-0.1, -0.05) is 115 Å². The fourth-order valence-corrected chi connectivity index (χ4v) is 8.80. The molecule has 3 heterocycles. The van der Waals surface area contributed by atoms with E-state index < -0.39 is 5.41 Å². The summed E-state index contributed by atoms with van der Waals surface area (Å²) in [4.78, 5) is 12.6. The minimum atomic E-state index is -0.751. The summed E-state index contributed by atoms with van der Waals surface area (Å²) in [6, 6.07) is 68.3. The molecule has 0 saturated heterocycles. The van der Waals surface area contributed by atoms with Gasteiger partial charge in [0.1, 0.15) is 11.5 Å². The van der Waals surface area contributed by atoms with Gasteiger partial charge >= 0.3 is 0 Å². The number of benzene rings is 7. The van der Waals surface area contributed by atoms with Crippen LogP contribution in [0.3, 0.4) is 0 Å². The molecule has 4 heteroatoms. The van der Waals surface area contributed by atoms with Gasteiger partial charge < -0.3 is 9.64 Å². The molecular weight excluding hydrogens is 695 g/mol. The highest BCUT2D eigenvalue weighted by Gasteiger charge is 2.47. The van der Waals surface area contributed by atoms with Crippen LogP contribution in [0.1, 0.15) is 33.5 Å². The van der Waals surface area contributed by atoms with E-state index >= 15 is 0 Å². The highest BCUT2D eigenvalue weighted by atomic mass is 16.5. The number of hydrogen-bond donors (Lipinski definition) is 0. The van der Waals surface area contributed by atoms with Crippen molar-refractivity contribution < 1.29 is 4.74 Å². The Labute approximate surface area is 333 Å². The molecular formula is C53H39N3O. The summed E-state index contributed by atoms with van der Waals surface area (Å²) < 4.78 is 6.99. The Kier molecular flexibility index (Phi) is 8.45. The second-order valence-electron chi connectivity index (χ2n) is 14.7. The van der Waals surface area contributed by atoms with Gasteiger partial charge in [0.05, 0.1) is 33.7 Å². The topological polar surface area (TPSA) is 38.2 Å². The number of para-hydroxylation sites is 4. The maximum Gasteiger partial charge on any atom is 0.128 e. The molecule has 1 aliphatic heterocycles. The first-order valence-electron chi connectivity index (χ1n) is 19.4. The zero-order valence-corrected chi connectivity index (χ0v) is 31.8. The van der Waals surface area contributed by atoms with Gasteiger partial charge in [0.15, 0.2) is 0 Å². The molecule has 0 spiro atoms. The van der Waals surface area contributed by atoms with Crippen LogP contribution in [-0.4, -0.2) is 9.97 Å². The van der Waals surface area contributed by atoms with E-state index in [0.29, 0.717) is 0 Å². The number of aryl methyl sites for hydroxylation is 2. The first kappa shape index (κ1) is 34.2. The van der Waals surface area contributed by atoms with E-state index in [1.165, 1.54) is 16.7 Å². The molecule has 272 valence electrons. The number of fused-ring (bicyclic) bond motifs is 3. The normalized spacial score (nSPS) is 12.8. The van der Waals surface area contributed by atoms with Crippen molar-refractivity contribution >= 4 is 28.0 Å². The van der Waals surface area contributed by atoms with Gasteiger partial charge in [-0.15, -0.1) is 0 Å². The average molecular weight is 734 g/mol. The number of nitrogens with zero attached hydrogens (tertiary/aromatic N) is 3. The third kappa shape index (κ3) is 5.85. The molecule has 0 fully saturated rings. The largest absolute Gasteiger partial charge is 0.457 e. The minimum Gasteiger partial charge on any atom is -0.457 e. The molecule has 2 aromatic heterocycles. The van der Waals surface area contributed by atoms with E-state index in [1.54, 1.807) is 0 Å². The molecule has 4 nitrogen and oxygen atoms in total. The van der Waals surface area contributed by atoms with Crippen molar-refractivity contribution in [1.82, 2.24) is 9.97 Å². The molecule has 0 bridgehead atoms. The number of anilines is 3.